The molecular weight excluding hydrogens is 340 g/mol. The van der Waals surface area contributed by atoms with E-state index >= 15 is 0 Å². The van der Waals surface area contributed by atoms with Crippen molar-refractivity contribution in [2.24, 2.45) is 0 Å². The lowest BCUT2D eigenvalue weighted by atomic mass is 10.0. The van der Waals surface area contributed by atoms with Crippen LogP contribution in [0.1, 0.15) is 57.1 Å². The first-order valence-corrected chi connectivity index (χ1v) is 10.1. The molecule has 0 saturated carbocycles. The van der Waals surface area contributed by atoms with Crippen LogP contribution in [0.25, 0.3) is 0 Å². The van der Waals surface area contributed by atoms with Crippen molar-refractivity contribution in [2.45, 2.75) is 62.7 Å². The van der Waals surface area contributed by atoms with E-state index in [4.69, 9.17) is 20.2 Å². The van der Waals surface area contributed by atoms with Crippen molar-refractivity contribution in [3.8, 4) is 0 Å². The molecule has 7 heteroatoms. The summed E-state index contributed by atoms with van der Waals surface area (Å²) in [5.74, 6) is -0.235. The van der Waals surface area contributed by atoms with Crippen LogP contribution in [0.5, 0.6) is 0 Å². The van der Waals surface area contributed by atoms with E-state index in [-0.39, 0.29) is 17.0 Å². The van der Waals surface area contributed by atoms with Crippen molar-refractivity contribution in [1.29, 1.82) is 0 Å². The van der Waals surface area contributed by atoms with Crippen LogP contribution >= 0.6 is 10.7 Å². The molecular formula is C16H21ClO5S. The Kier molecular flexibility index (Phi) is 6.44. The predicted molar refractivity (Wildman–Crippen MR) is 86.6 cm³/mol. The van der Waals surface area contributed by atoms with Gasteiger partial charge in [0, 0.05) is 23.5 Å². The van der Waals surface area contributed by atoms with Crippen molar-refractivity contribution in [1.82, 2.24) is 0 Å². The summed E-state index contributed by atoms with van der Waals surface area (Å²) in [5, 5.41) is 0. The second kappa shape index (κ2) is 8.13. The van der Waals surface area contributed by atoms with Gasteiger partial charge in [-0.25, -0.2) is 8.42 Å². The molecule has 2 unspecified atom stereocenters. The number of benzene rings is 1. The summed E-state index contributed by atoms with van der Waals surface area (Å²) in [6, 6.07) is 6.28. The largest absolute Gasteiger partial charge is 0.436 e. The number of unbranched alkanes of at least 4 members (excludes halogenated alkanes) is 1. The normalized spacial score (nSPS) is 21.8. The Labute approximate surface area is 141 Å². The van der Waals surface area contributed by atoms with Crippen molar-refractivity contribution in [3.63, 3.8) is 0 Å². The highest BCUT2D eigenvalue weighted by atomic mass is 35.7. The van der Waals surface area contributed by atoms with Crippen LogP contribution < -0.4 is 0 Å². The van der Waals surface area contributed by atoms with Crippen LogP contribution in [0, 0.1) is 0 Å². The number of ether oxygens (including phenoxy) is 2. The topological polar surface area (TPSA) is 69.7 Å². The molecule has 1 fully saturated rings. The molecule has 2 atom stereocenters. The van der Waals surface area contributed by atoms with Gasteiger partial charge in [0.1, 0.15) is 0 Å². The molecule has 128 valence electrons. The Hall–Kier alpha value is -1.11. The maximum atomic E-state index is 11.7. The van der Waals surface area contributed by atoms with Crippen LogP contribution in [0.4, 0.5) is 0 Å². The van der Waals surface area contributed by atoms with E-state index in [1.54, 1.807) is 12.1 Å². The van der Waals surface area contributed by atoms with Crippen LogP contribution in [0.2, 0.25) is 0 Å². The standard InChI is InChI=1S/C16H21ClO5S/c1-2-3-6-15(18)22-16-7-4-5-14(21-16)12-8-10-13(11-9-12)23(17,19)20/h8-11,14,16H,2-7H2,1H3. The molecule has 1 heterocycles. The molecule has 2 rings (SSSR count). The molecule has 1 saturated heterocycles. The van der Waals surface area contributed by atoms with Gasteiger partial charge in [-0.2, -0.15) is 0 Å². The number of carbonyl (C=O) groups is 1. The first kappa shape index (κ1) is 18.2. The Morgan fingerprint density at radius 1 is 1.30 bits per heavy atom. The molecule has 0 bridgehead atoms. The first-order valence-electron chi connectivity index (χ1n) is 7.79. The van der Waals surface area contributed by atoms with Gasteiger partial charge in [-0.1, -0.05) is 25.5 Å². The van der Waals surface area contributed by atoms with E-state index in [0.29, 0.717) is 12.8 Å². The fraction of sp³-hybridized carbons (Fsp3) is 0.562. The highest BCUT2D eigenvalue weighted by Crippen LogP contribution is 2.32. The van der Waals surface area contributed by atoms with E-state index in [1.807, 2.05) is 6.92 Å². The van der Waals surface area contributed by atoms with E-state index in [1.165, 1.54) is 12.1 Å². The van der Waals surface area contributed by atoms with Gasteiger partial charge in [0.2, 0.25) is 6.29 Å². The van der Waals surface area contributed by atoms with Gasteiger partial charge >= 0.3 is 5.97 Å². The second-order valence-electron chi connectivity index (χ2n) is 5.59. The van der Waals surface area contributed by atoms with E-state index in [9.17, 15) is 13.2 Å². The Morgan fingerprint density at radius 3 is 2.61 bits per heavy atom. The lowest BCUT2D eigenvalue weighted by molar-refractivity contribution is -0.204. The Bertz CT molecular complexity index is 626. The molecule has 5 nitrogen and oxygen atoms in total. The number of halogens is 1. The quantitative estimate of drug-likeness (QED) is 0.568. The van der Waals surface area contributed by atoms with E-state index in [2.05, 4.69) is 0 Å². The number of rotatable bonds is 6. The summed E-state index contributed by atoms with van der Waals surface area (Å²) in [6.07, 6.45) is 3.78. The highest BCUT2D eigenvalue weighted by Gasteiger charge is 2.26. The summed E-state index contributed by atoms with van der Waals surface area (Å²) >= 11 is 0. The summed E-state index contributed by atoms with van der Waals surface area (Å²) < 4.78 is 33.7. The smallest absolute Gasteiger partial charge is 0.308 e. The minimum Gasteiger partial charge on any atom is -0.436 e. The van der Waals surface area contributed by atoms with E-state index < -0.39 is 15.3 Å². The van der Waals surface area contributed by atoms with Crippen LogP contribution in [0.15, 0.2) is 29.2 Å². The summed E-state index contributed by atoms with van der Waals surface area (Å²) in [6.45, 7) is 2.02. The van der Waals surface area contributed by atoms with Crippen LogP contribution in [-0.4, -0.2) is 20.7 Å². The van der Waals surface area contributed by atoms with Crippen molar-refractivity contribution in [3.05, 3.63) is 29.8 Å². The summed E-state index contributed by atoms with van der Waals surface area (Å²) in [7, 11) is 1.58. The summed E-state index contributed by atoms with van der Waals surface area (Å²) in [4.78, 5) is 11.7. The lowest BCUT2D eigenvalue weighted by Gasteiger charge is -2.30. The third kappa shape index (κ3) is 5.48. The number of carbonyl (C=O) groups excluding carboxylic acids is 1. The summed E-state index contributed by atoms with van der Waals surface area (Å²) in [5.41, 5.74) is 0.850. The molecule has 1 aliphatic rings. The second-order valence-corrected chi connectivity index (χ2v) is 8.15. The molecule has 0 N–H and O–H groups in total. The third-order valence-electron chi connectivity index (χ3n) is 3.75. The van der Waals surface area contributed by atoms with Crippen LogP contribution in [0.3, 0.4) is 0 Å². The average Bonchev–Trinajstić information content (AvgIpc) is 2.52. The van der Waals surface area contributed by atoms with E-state index in [0.717, 1.165) is 31.2 Å². The SMILES string of the molecule is CCCCC(=O)OC1CCCC(c2ccc(S(=O)(=O)Cl)cc2)O1. The van der Waals surface area contributed by atoms with Gasteiger partial charge in [0.15, 0.2) is 0 Å². The monoisotopic (exact) mass is 360 g/mol. The molecule has 0 radical (unpaired) electrons. The fourth-order valence-corrected chi connectivity index (χ4v) is 3.26. The minimum absolute atomic E-state index is 0.0567. The molecule has 0 aliphatic carbocycles. The predicted octanol–water partition coefficient (Wildman–Crippen LogP) is 3.92. The van der Waals surface area contributed by atoms with Crippen molar-refractivity contribution < 1.29 is 22.7 Å². The maximum absolute atomic E-state index is 11.7. The maximum Gasteiger partial charge on any atom is 0.308 e. The first-order chi connectivity index (χ1) is 10.9. The fourth-order valence-electron chi connectivity index (χ4n) is 2.49. The Balaban J connectivity index is 1.96. The molecule has 1 aromatic rings. The lowest BCUT2D eigenvalue weighted by Crippen LogP contribution is -2.27. The van der Waals surface area contributed by atoms with Gasteiger partial charge in [-0.3, -0.25) is 4.79 Å². The average molecular weight is 361 g/mol. The third-order valence-corrected chi connectivity index (χ3v) is 5.12. The molecule has 23 heavy (non-hydrogen) atoms. The van der Waals surface area contributed by atoms with Gasteiger partial charge in [-0.05, 0) is 37.0 Å². The molecule has 0 amide bonds. The van der Waals surface area contributed by atoms with Crippen LogP contribution in [-0.2, 0) is 23.3 Å². The molecule has 0 spiro atoms. The van der Waals surface area contributed by atoms with Gasteiger partial charge in [0.25, 0.3) is 9.05 Å². The molecule has 0 aromatic heterocycles. The van der Waals surface area contributed by atoms with Gasteiger partial charge in [-0.15, -0.1) is 0 Å². The van der Waals surface area contributed by atoms with Gasteiger partial charge in [0.05, 0.1) is 11.0 Å². The Morgan fingerprint density at radius 2 is 2.00 bits per heavy atom. The molecule has 1 aliphatic heterocycles. The van der Waals surface area contributed by atoms with Crippen molar-refractivity contribution >= 4 is 25.7 Å². The number of hydrogen-bond donors (Lipinski definition) is 0. The van der Waals surface area contributed by atoms with Crippen molar-refractivity contribution in [2.75, 3.05) is 0 Å². The molecule has 1 aromatic carbocycles. The number of hydrogen-bond acceptors (Lipinski definition) is 5. The highest BCUT2D eigenvalue weighted by molar-refractivity contribution is 8.13. The van der Waals surface area contributed by atoms with Gasteiger partial charge < -0.3 is 9.47 Å². The zero-order valence-corrected chi connectivity index (χ0v) is 14.6. The zero-order valence-electron chi connectivity index (χ0n) is 13.0. The zero-order chi connectivity index (χ0) is 16.9. The minimum atomic E-state index is -3.72. The number of esters is 1.